The Morgan fingerprint density at radius 1 is 1.53 bits per heavy atom. The van der Waals surface area contributed by atoms with Crippen LogP contribution in [0.1, 0.15) is 20.3 Å². The number of rotatable bonds is 6. The van der Waals surface area contributed by atoms with Gasteiger partial charge in [0.15, 0.2) is 0 Å². The van der Waals surface area contributed by atoms with Crippen LogP contribution in [0.5, 0.6) is 0 Å². The second-order valence-corrected chi connectivity index (χ2v) is 5.38. The molecule has 0 atom stereocenters. The monoisotopic (exact) mass is 303 g/mol. The molecule has 1 aromatic rings. The van der Waals surface area contributed by atoms with Crippen molar-refractivity contribution in [2.24, 2.45) is 11.3 Å². The van der Waals surface area contributed by atoms with Crippen LogP contribution in [0.3, 0.4) is 0 Å². The molecule has 0 bridgehead atoms. The standard InChI is InChI=1S/C10H18BrN5O/c1-10(2,3-4-17)6-14-8-7(11)5-13-9(15-8)16-12/h5,17H,3-4,6,12H2,1-2H3,(H2,13,14,15,16). The van der Waals surface area contributed by atoms with Crippen LogP contribution in [0, 0.1) is 5.41 Å². The van der Waals surface area contributed by atoms with Crippen molar-refractivity contribution < 1.29 is 5.11 Å². The third-order valence-electron chi connectivity index (χ3n) is 2.40. The van der Waals surface area contributed by atoms with Crippen LogP contribution in [0.2, 0.25) is 0 Å². The molecule has 0 fully saturated rings. The van der Waals surface area contributed by atoms with Crippen LogP contribution in [0.4, 0.5) is 11.8 Å². The third kappa shape index (κ3) is 4.45. The zero-order valence-electron chi connectivity index (χ0n) is 10.00. The molecule has 0 aromatic carbocycles. The van der Waals surface area contributed by atoms with Gasteiger partial charge in [0.25, 0.3) is 0 Å². The van der Waals surface area contributed by atoms with E-state index < -0.39 is 0 Å². The maximum Gasteiger partial charge on any atom is 0.239 e. The van der Waals surface area contributed by atoms with E-state index in [1.165, 1.54) is 0 Å². The molecule has 1 rings (SSSR count). The summed E-state index contributed by atoms with van der Waals surface area (Å²) in [6, 6.07) is 0. The van der Waals surface area contributed by atoms with Gasteiger partial charge in [-0.1, -0.05) is 13.8 Å². The van der Waals surface area contributed by atoms with Gasteiger partial charge in [-0.2, -0.15) is 4.98 Å². The van der Waals surface area contributed by atoms with E-state index in [1.54, 1.807) is 6.20 Å². The number of hydrogen-bond donors (Lipinski definition) is 4. The predicted octanol–water partition coefficient (Wildman–Crippen LogP) is 1.35. The number of nitrogens with two attached hydrogens (primary N) is 1. The van der Waals surface area contributed by atoms with Crippen LogP contribution < -0.4 is 16.6 Å². The highest BCUT2D eigenvalue weighted by molar-refractivity contribution is 9.10. The Hall–Kier alpha value is -0.920. The van der Waals surface area contributed by atoms with E-state index in [-0.39, 0.29) is 12.0 Å². The van der Waals surface area contributed by atoms with E-state index >= 15 is 0 Å². The number of halogens is 1. The van der Waals surface area contributed by atoms with Gasteiger partial charge in [-0.05, 0) is 27.8 Å². The molecule has 17 heavy (non-hydrogen) atoms. The van der Waals surface area contributed by atoms with Gasteiger partial charge in [0.1, 0.15) is 5.82 Å². The maximum atomic E-state index is 8.95. The van der Waals surface area contributed by atoms with E-state index in [2.05, 4.69) is 50.5 Å². The molecule has 1 aromatic heterocycles. The molecule has 0 unspecified atom stereocenters. The molecular formula is C10H18BrN5O. The first-order valence-electron chi connectivity index (χ1n) is 5.32. The average Bonchev–Trinajstić information content (AvgIpc) is 2.28. The first-order chi connectivity index (χ1) is 7.98. The highest BCUT2D eigenvalue weighted by Gasteiger charge is 2.17. The zero-order valence-corrected chi connectivity index (χ0v) is 11.6. The van der Waals surface area contributed by atoms with Crippen LogP contribution in [0.15, 0.2) is 10.7 Å². The first kappa shape index (κ1) is 14.1. The van der Waals surface area contributed by atoms with Gasteiger partial charge in [-0.3, -0.25) is 5.43 Å². The number of aliphatic hydroxyl groups is 1. The molecule has 0 aliphatic carbocycles. The Morgan fingerprint density at radius 2 is 2.24 bits per heavy atom. The molecule has 0 aliphatic heterocycles. The fourth-order valence-electron chi connectivity index (χ4n) is 1.27. The maximum absolute atomic E-state index is 8.95. The summed E-state index contributed by atoms with van der Waals surface area (Å²) < 4.78 is 0.774. The summed E-state index contributed by atoms with van der Waals surface area (Å²) in [6.45, 7) is 5.03. The third-order valence-corrected chi connectivity index (χ3v) is 2.98. The topological polar surface area (TPSA) is 96.1 Å². The lowest BCUT2D eigenvalue weighted by Crippen LogP contribution is -2.25. The second kappa shape index (κ2) is 6.13. The lowest BCUT2D eigenvalue weighted by molar-refractivity contribution is 0.220. The fraction of sp³-hybridized carbons (Fsp3) is 0.600. The minimum absolute atomic E-state index is 0.00452. The van der Waals surface area contributed by atoms with Gasteiger partial charge >= 0.3 is 0 Å². The summed E-state index contributed by atoms with van der Waals surface area (Å²) in [5, 5.41) is 12.2. The van der Waals surface area contributed by atoms with Crippen molar-refractivity contribution in [2.75, 3.05) is 23.9 Å². The van der Waals surface area contributed by atoms with E-state index in [0.29, 0.717) is 18.3 Å². The molecule has 6 nitrogen and oxygen atoms in total. The predicted molar refractivity (Wildman–Crippen MR) is 71.5 cm³/mol. The first-order valence-corrected chi connectivity index (χ1v) is 6.12. The van der Waals surface area contributed by atoms with Crippen LogP contribution in [0.25, 0.3) is 0 Å². The SMILES string of the molecule is CC(C)(CCO)CNc1nc(NN)ncc1Br. The average molecular weight is 304 g/mol. The number of hydrazine groups is 1. The van der Waals surface area contributed by atoms with Crippen molar-refractivity contribution in [1.82, 2.24) is 9.97 Å². The summed E-state index contributed by atoms with van der Waals surface area (Å²) in [5.74, 6) is 6.28. The van der Waals surface area contributed by atoms with Crippen molar-refractivity contribution in [3.8, 4) is 0 Å². The Kier molecular flexibility index (Phi) is 5.10. The molecule has 0 radical (unpaired) electrons. The molecule has 0 saturated carbocycles. The zero-order chi connectivity index (χ0) is 12.9. The quantitative estimate of drug-likeness (QED) is 0.468. The van der Waals surface area contributed by atoms with Crippen LogP contribution >= 0.6 is 15.9 Å². The molecule has 0 spiro atoms. The smallest absolute Gasteiger partial charge is 0.239 e. The molecule has 7 heteroatoms. The van der Waals surface area contributed by atoms with E-state index in [4.69, 9.17) is 10.9 Å². The highest BCUT2D eigenvalue weighted by Crippen LogP contribution is 2.24. The van der Waals surface area contributed by atoms with E-state index in [0.717, 1.165) is 10.9 Å². The molecule has 0 saturated heterocycles. The van der Waals surface area contributed by atoms with Gasteiger partial charge in [0, 0.05) is 19.3 Å². The van der Waals surface area contributed by atoms with Crippen molar-refractivity contribution in [3.05, 3.63) is 10.7 Å². The highest BCUT2D eigenvalue weighted by atomic mass is 79.9. The second-order valence-electron chi connectivity index (χ2n) is 4.53. The Balaban J connectivity index is 2.68. The molecule has 5 N–H and O–H groups in total. The lowest BCUT2D eigenvalue weighted by atomic mass is 9.90. The van der Waals surface area contributed by atoms with Crippen LogP contribution in [-0.4, -0.2) is 28.2 Å². The van der Waals surface area contributed by atoms with Crippen molar-refractivity contribution in [1.29, 1.82) is 0 Å². The van der Waals surface area contributed by atoms with Gasteiger partial charge in [-0.25, -0.2) is 10.8 Å². The number of hydrogen-bond acceptors (Lipinski definition) is 6. The van der Waals surface area contributed by atoms with E-state index in [1.807, 2.05) is 0 Å². The van der Waals surface area contributed by atoms with Crippen LogP contribution in [-0.2, 0) is 0 Å². The molecular weight excluding hydrogens is 286 g/mol. The number of aromatic nitrogens is 2. The van der Waals surface area contributed by atoms with Crippen molar-refractivity contribution >= 4 is 27.7 Å². The summed E-state index contributed by atoms with van der Waals surface area (Å²) in [6.07, 6.45) is 2.36. The lowest BCUT2D eigenvalue weighted by Gasteiger charge is -2.24. The summed E-state index contributed by atoms with van der Waals surface area (Å²) in [4.78, 5) is 8.15. The number of nitrogen functional groups attached to an aromatic ring is 1. The van der Waals surface area contributed by atoms with Crippen molar-refractivity contribution in [3.63, 3.8) is 0 Å². The van der Waals surface area contributed by atoms with Gasteiger partial charge in [0.2, 0.25) is 5.95 Å². The van der Waals surface area contributed by atoms with Gasteiger partial charge in [0.05, 0.1) is 4.47 Å². The minimum Gasteiger partial charge on any atom is -0.396 e. The normalized spacial score (nSPS) is 11.4. The number of aliphatic hydroxyl groups excluding tert-OH is 1. The molecule has 96 valence electrons. The molecule has 0 aliphatic rings. The summed E-state index contributed by atoms with van der Waals surface area (Å²) in [5.41, 5.74) is 2.39. The summed E-state index contributed by atoms with van der Waals surface area (Å²) >= 11 is 3.36. The van der Waals surface area contributed by atoms with Crippen molar-refractivity contribution in [2.45, 2.75) is 20.3 Å². The summed E-state index contributed by atoms with van der Waals surface area (Å²) in [7, 11) is 0. The molecule has 1 heterocycles. The number of nitrogens with one attached hydrogen (secondary N) is 2. The minimum atomic E-state index is -0.00452. The molecule has 0 amide bonds. The largest absolute Gasteiger partial charge is 0.396 e. The Labute approximate surface area is 109 Å². The Bertz CT molecular complexity index is 372. The number of nitrogens with zero attached hydrogens (tertiary/aromatic N) is 2. The number of anilines is 2. The Morgan fingerprint density at radius 3 is 2.82 bits per heavy atom. The fourth-order valence-corrected chi connectivity index (χ4v) is 1.61. The van der Waals surface area contributed by atoms with Gasteiger partial charge in [-0.15, -0.1) is 0 Å². The van der Waals surface area contributed by atoms with E-state index in [9.17, 15) is 0 Å². The van der Waals surface area contributed by atoms with Gasteiger partial charge < -0.3 is 10.4 Å².